The third kappa shape index (κ3) is 3.60. The molecule has 0 amide bonds. The van der Waals surface area contributed by atoms with E-state index in [1.807, 2.05) is 0 Å². The van der Waals surface area contributed by atoms with E-state index in [4.69, 9.17) is 0 Å². The average Bonchev–Trinajstić information content (AvgIpc) is 2.58. The largest absolute Gasteiger partial charge is 0.358 e. The van der Waals surface area contributed by atoms with Crippen LogP contribution in [0.15, 0.2) is 18.2 Å². The molecule has 0 unspecified atom stereocenters. The first-order valence-corrected chi connectivity index (χ1v) is 7.20. The van der Waals surface area contributed by atoms with Crippen molar-refractivity contribution in [3.05, 3.63) is 35.0 Å². The lowest BCUT2D eigenvalue weighted by Crippen LogP contribution is -2.36. The maximum atomic E-state index is 3.55. The van der Waals surface area contributed by atoms with E-state index in [0.717, 1.165) is 13.0 Å². The number of aryl methyl sites for hydroxylation is 3. The van der Waals surface area contributed by atoms with Crippen LogP contribution in [0.3, 0.4) is 0 Å². The van der Waals surface area contributed by atoms with Gasteiger partial charge in [0.15, 0.2) is 0 Å². The molecule has 0 spiro atoms. The number of H-pyrrole nitrogens is 1. The van der Waals surface area contributed by atoms with Gasteiger partial charge in [0.25, 0.3) is 0 Å². The zero-order valence-electron chi connectivity index (χ0n) is 12.9. The standard InChI is InChI=1S/C17H26N2/c1-12-8-9-15-14(13(2)19-16(15)11-12)7-6-10-18-17(3,4)5/h8-9,11,18-19H,6-7,10H2,1-5H3. The molecule has 1 heterocycles. The van der Waals surface area contributed by atoms with Crippen LogP contribution in [-0.4, -0.2) is 17.1 Å². The van der Waals surface area contributed by atoms with E-state index in [9.17, 15) is 0 Å². The molecule has 0 saturated heterocycles. The number of fused-ring (bicyclic) bond motifs is 1. The van der Waals surface area contributed by atoms with E-state index < -0.39 is 0 Å². The predicted octanol–water partition coefficient (Wildman–Crippen LogP) is 4.11. The summed E-state index contributed by atoms with van der Waals surface area (Å²) in [7, 11) is 0. The van der Waals surface area contributed by atoms with Gasteiger partial charge in [-0.25, -0.2) is 0 Å². The van der Waals surface area contributed by atoms with Gasteiger partial charge >= 0.3 is 0 Å². The summed E-state index contributed by atoms with van der Waals surface area (Å²) in [5.74, 6) is 0. The summed E-state index contributed by atoms with van der Waals surface area (Å²) in [6, 6.07) is 6.69. The molecule has 0 bridgehead atoms. The summed E-state index contributed by atoms with van der Waals surface area (Å²) >= 11 is 0. The molecule has 1 aromatic heterocycles. The van der Waals surface area contributed by atoms with Gasteiger partial charge in [-0.2, -0.15) is 0 Å². The summed E-state index contributed by atoms with van der Waals surface area (Å²) in [5.41, 5.74) is 5.60. The van der Waals surface area contributed by atoms with Gasteiger partial charge in [-0.05, 0) is 71.2 Å². The van der Waals surface area contributed by atoms with Gasteiger partial charge in [-0.1, -0.05) is 12.1 Å². The minimum atomic E-state index is 0.215. The maximum absolute atomic E-state index is 3.55. The van der Waals surface area contributed by atoms with Crippen molar-refractivity contribution in [3.63, 3.8) is 0 Å². The molecule has 1 aromatic carbocycles. The molecule has 2 heteroatoms. The van der Waals surface area contributed by atoms with Crippen molar-refractivity contribution in [2.75, 3.05) is 6.54 Å². The van der Waals surface area contributed by atoms with E-state index in [1.165, 1.54) is 34.1 Å². The van der Waals surface area contributed by atoms with E-state index in [1.54, 1.807) is 0 Å². The molecule has 0 aliphatic heterocycles. The first-order valence-electron chi connectivity index (χ1n) is 7.20. The van der Waals surface area contributed by atoms with Gasteiger partial charge in [0.05, 0.1) is 0 Å². The van der Waals surface area contributed by atoms with Gasteiger partial charge in [0.1, 0.15) is 0 Å². The van der Waals surface area contributed by atoms with Crippen LogP contribution >= 0.6 is 0 Å². The Labute approximate surface area is 116 Å². The second kappa shape index (κ2) is 5.38. The van der Waals surface area contributed by atoms with Crippen molar-refractivity contribution >= 4 is 10.9 Å². The molecule has 0 aliphatic rings. The summed E-state index contributed by atoms with van der Waals surface area (Å²) in [4.78, 5) is 3.50. The van der Waals surface area contributed by atoms with E-state index in [2.05, 4.69) is 63.1 Å². The summed E-state index contributed by atoms with van der Waals surface area (Å²) < 4.78 is 0. The molecule has 0 fully saturated rings. The Bertz CT molecular complexity index is 558. The van der Waals surface area contributed by atoms with Gasteiger partial charge in [0.2, 0.25) is 0 Å². The van der Waals surface area contributed by atoms with Crippen LogP contribution in [-0.2, 0) is 6.42 Å². The quantitative estimate of drug-likeness (QED) is 0.794. The zero-order chi connectivity index (χ0) is 14.0. The molecule has 0 saturated carbocycles. The molecular weight excluding hydrogens is 232 g/mol. The number of aromatic nitrogens is 1. The van der Waals surface area contributed by atoms with Crippen molar-refractivity contribution in [1.29, 1.82) is 0 Å². The van der Waals surface area contributed by atoms with Gasteiger partial charge in [-0.15, -0.1) is 0 Å². The third-order valence-corrected chi connectivity index (χ3v) is 3.53. The first kappa shape index (κ1) is 14.1. The fourth-order valence-electron chi connectivity index (χ4n) is 2.55. The van der Waals surface area contributed by atoms with Gasteiger partial charge in [-0.3, -0.25) is 0 Å². The molecule has 19 heavy (non-hydrogen) atoms. The number of aromatic amines is 1. The smallest absolute Gasteiger partial charge is 0.0461 e. The fourth-order valence-corrected chi connectivity index (χ4v) is 2.55. The molecule has 104 valence electrons. The molecule has 2 nitrogen and oxygen atoms in total. The van der Waals surface area contributed by atoms with E-state index in [0.29, 0.717) is 0 Å². The van der Waals surface area contributed by atoms with Crippen LogP contribution in [0.5, 0.6) is 0 Å². The van der Waals surface area contributed by atoms with Crippen molar-refractivity contribution in [2.24, 2.45) is 0 Å². The number of hydrogen-bond donors (Lipinski definition) is 2. The molecule has 0 atom stereocenters. The molecule has 2 N–H and O–H groups in total. The lowest BCUT2D eigenvalue weighted by molar-refractivity contribution is 0.422. The van der Waals surface area contributed by atoms with E-state index >= 15 is 0 Å². The van der Waals surface area contributed by atoms with E-state index in [-0.39, 0.29) is 5.54 Å². The van der Waals surface area contributed by atoms with Crippen molar-refractivity contribution < 1.29 is 0 Å². The molecule has 2 rings (SSSR count). The first-order chi connectivity index (χ1) is 8.87. The highest BCUT2D eigenvalue weighted by atomic mass is 14.9. The number of benzene rings is 1. The Morgan fingerprint density at radius 2 is 1.89 bits per heavy atom. The maximum Gasteiger partial charge on any atom is 0.0461 e. The van der Waals surface area contributed by atoms with Crippen molar-refractivity contribution in [1.82, 2.24) is 10.3 Å². The van der Waals surface area contributed by atoms with Crippen molar-refractivity contribution in [3.8, 4) is 0 Å². The Morgan fingerprint density at radius 1 is 1.16 bits per heavy atom. The molecule has 0 radical (unpaired) electrons. The number of nitrogens with one attached hydrogen (secondary N) is 2. The average molecular weight is 258 g/mol. The lowest BCUT2D eigenvalue weighted by Gasteiger charge is -2.20. The van der Waals surface area contributed by atoms with Crippen LogP contribution in [0.1, 0.15) is 44.0 Å². The summed E-state index contributed by atoms with van der Waals surface area (Å²) in [6.07, 6.45) is 2.32. The minimum Gasteiger partial charge on any atom is -0.358 e. The predicted molar refractivity (Wildman–Crippen MR) is 83.8 cm³/mol. The Morgan fingerprint density at radius 3 is 2.58 bits per heavy atom. The lowest BCUT2D eigenvalue weighted by atomic mass is 10.0. The Balaban J connectivity index is 2.06. The van der Waals surface area contributed by atoms with Crippen LogP contribution < -0.4 is 5.32 Å². The fraction of sp³-hybridized carbons (Fsp3) is 0.529. The zero-order valence-corrected chi connectivity index (χ0v) is 12.9. The second-order valence-electron chi connectivity index (χ2n) is 6.56. The number of rotatable bonds is 4. The highest BCUT2D eigenvalue weighted by molar-refractivity contribution is 5.85. The van der Waals surface area contributed by atoms with Crippen LogP contribution in [0.4, 0.5) is 0 Å². The third-order valence-electron chi connectivity index (χ3n) is 3.53. The SMILES string of the molecule is Cc1ccc2c(CCCNC(C)(C)C)c(C)[nH]c2c1. The summed E-state index contributed by atoms with van der Waals surface area (Å²) in [5, 5.41) is 4.94. The Kier molecular flexibility index (Phi) is 4.00. The second-order valence-corrected chi connectivity index (χ2v) is 6.56. The molecular formula is C17H26N2. The number of hydrogen-bond acceptors (Lipinski definition) is 1. The van der Waals surface area contributed by atoms with Crippen LogP contribution in [0.2, 0.25) is 0 Å². The van der Waals surface area contributed by atoms with Crippen LogP contribution in [0, 0.1) is 13.8 Å². The van der Waals surface area contributed by atoms with Gasteiger partial charge in [0, 0.05) is 22.1 Å². The van der Waals surface area contributed by atoms with Gasteiger partial charge < -0.3 is 10.3 Å². The Hall–Kier alpha value is -1.28. The van der Waals surface area contributed by atoms with Crippen LogP contribution in [0.25, 0.3) is 10.9 Å². The van der Waals surface area contributed by atoms with Crippen molar-refractivity contribution in [2.45, 2.75) is 53.0 Å². The highest BCUT2D eigenvalue weighted by Crippen LogP contribution is 2.24. The molecule has 2 aromatic rings. The minimum absolute atomic E-state index is 0.215. The summed E-state index contributed by atoms with van der Waals surface area (Å²) in [6.45, 7) is 12.0. The topological polar surface area (TPSA) is 27.8 Å². The highest BCUT2D eigenvalue weighted by Gasteiger charge is 2.10. The molecule has 0 aliphatic carbocycles. The normalized spacial score (nSPS) is 12.3. The monoisotopic (exact) mass is 258 g/mol.